The molecular weight excluding hydrogens is 276 g/mol. The highest BCUT2D eigenvalue weighted by atomic mass is 16.2. The first-order valence-corrected chi connectivity index (χ1v) is 8.77. The van der Waals surface area contributed by atoms with Gasteiger partial charge in [0, 0.05) is 18.9 Å². The van der Waals surface area contributed by atoms with Gasteiger partial charge in [-0.3, -0.25) is 9.48 Å². The van der Waals surface area contributed by atoms with E-state index in [4.69, 9.17) is 0 Å². The van der Waals surface area contributed by atoms with Crippen LogP contribution in [0.2, 0.25) is 0 Å². The molecule has 2 heterocycles. The van der Waals surface area contributed by atoms with E-state index in [9.17, 15) is 4.79 Å². The van der Waals surface area contributed by atoms with Gasteiger partial charge in [-0.2, -0.15) is 5.10 Å². The standard InChI is InChI=1S/C17H26N4O/c22-16(19-12-15-11-13-2-3-14(15)10-13)17(4-7-18-8-5-17)21-9-1-6-20-21/h1,6,9,13-15,18H,2-5,7-8,10-12H2,(H,19,22). The molecule has 120 valence electrons. The molecule has 2 saturated carbocycles. The van der Waals surface area contributed by atoms with Crippen molar-refractivity contribution in [2.75, 3.05) is 19.6 Å². The third-order valence-electron chi connectivity index (χ3n) is 6.21. The van der Waals surface area contributed by atoms with Crippen molar-refractivity contribution in [3.63, 3.8) is 0 Å². The Hall–Kier alpha value is -1.36. The van der Waals surface area contributed by atoms with Gasteiger partial charge in [0.15, 0.2) is 0 Å². The number of hydrogen-bond donors (Lipinski definition) is 2. The summed E-state index contributed by atoms with van der Waals surface area (Å²) in [5.41, 5.74) is -0.494. The molecule has 1 amide bonds. The van der Waals surface area contributed by atoms with E-state index in [1.54, 1.807) is 6.20 Å². The fourth-order valence-corrected chi connectivity index (χ4v) is 4.94. The topological polar surface area (TPSA) is 59.0 Å². The second-order valence-corrected chi connectivity index (χ2v) is 7.38. The summed E-state index contributed by atoms with van der Waals surface area (Å²) in [5, 5.41) is 11.0. The number of rotatable bonds is 4. The first-order chi connectivity index (χ1) is 10.8. The van der Waals surface area contributed by atoms with Crippen LogP contribution in [0.3, 0.4) is 0 Å². The molecule has 1 aliphatic heterocycles. The van der Waals surface area contributed by atoms with Gasteiger partial charge in [-0.1, -0.05) is 6.42 Å². The van der Waals surface area contributed by atoms with Gasteiger partial charge in [0.25, 0.3) is 0 Å². The van der Waals surface area contributed by atoms with E-state index >= 15 is 0 Å². The summed E-state index contributed by atoms with van der Waals surface area (Å²) >= 11 is 0. The Balaban J connectivity index is 1.44. The number of carbonyl (C=O) groups is 1. The zero-order valence-corrected chi connectivity index (χ0v) is 13.1. The van der Waals surface area contributed by atoms with Crippen LogP contribution in [0.15, 0.2) is 18.5 Å². The Labute approximate surface area is 131 Å². The molecule has 3 unspecified atom stereocenters. The van der Waals surface area contributed by atoms with Crippen molar-refractivity contribution >= 4 is 5.91 Å². The van der Waals surface area contributed by atoms with Crippen LogP contribution in [-0.4, -0.2) is 35.3 Å². The molecule has 22 heavy (non-hydrogen) atoms. The predicted molar refractivity (Wildman–Crippen MR) is 84.3 cm³/mol. The summed E-state index contributed by atoms with van der Waals surface area (Å²) in [6.45, 7) is 2.61. The minimum atomic E-state index is -0.494. The number of piperidine rings is 1. The summed E-state index contributed by atoms with van der Waals surface area (Å²) in [4.78, 5) is 13.0. The second kappa shape index (κ2) is 5.69. The normalized spacial score (nSPS) is 33.0. The van der Waals surface area contributed by atoms with Crippen molar-refractivity contribution in [1.82, 2.24) is 20.4 Å². The molecule has 3 atom stereocenters. The predicted octanol–water partition coefficient (Wildman–Crippen LogP) is 1.51. The Kier molecular flexibility index (Phi) is 3.68. The van der Waals surface area contributed by atoms with Gasteiger partial charge in [-0.15, -0.1) is 0 Å². The maximum Gasteiger partial charge on any atom is 0.248 e. The average molecular weight is 302 g/mol. The van der Waals surface area contributed by atoms with Gasteiger partial charge in [0.1, 0.15) is 5.54 Å². The minimum absolute atomic E-state index is 0.167. The van der Waals surface area contributed by atoms with Crippen LogP contribution in [0, 0.1) is 17.8 Å². The number of hydrogen-bond acceptors (Lipinski definition) is 3. The number of nitrogens with one attached hydrogen (secondary N) is 2. The van der Waals surface area contributed by atoms with Crippen molar-refractivity contribution in [2.45, 2.75) is 44.1 Å². The highest BCUT2D eigenvalue weighted by molar-refractivity contribution is 5.84. The lowest BCUT2D eigenvalue weighted by Gasteiger charge is -2.37. The summed E-state index contributed by atoms with van der Waals surface area (Å²) < 4.78 is 1.88. The van der Waals surface area contributed by atoms with Gasteiger partial charge in [-0.25, -0.2) is 0 Å². The third kappa shape index (κ3) is 2.35. The fourth-order valence-electron chi connectivity index (χ4n) is 4.94. The van der Waals surface area contributed by atoms with Gasteiger partial charge >= 0.3 is 0 Å². The molecule has 1 aromatic rings. The molecule has 4 rings (SSSR count). The van der Waals surface area contributed by atoms with Gasteiger partial charge in [0.2, 0.25) is 5.91 Å². The first kappa shape index (κ1) is 14.2. The van der Waals surface area contributed by atoms with Crippen molar-refractivity contribution in [3.8, 4) is 0 Å². The number of nitrogens with zero attached hydrogens (tertiary/aromatic N) is 2. The SMILES string of the molecule is O=C(NCC1CC2CCC1C2)C1(n2cccn2)CCNCC1. The monoisotopic (exact) mass is 302 g/mol. The van der Waals surface area contributed by atoms with Crippen molar-refractivity contribution in [1.29, 1.82) is 0 Å². The first-order valence-electron chi connectivity index (χ1n) is 8.77. The van der Waals surface area contributed by atoms with Crippen LogP contribution in [0.25, 0.3) is 0 Å². The molecular formula is C17H26N4O. The van der Waals surface area contributed by atoms with E-state index in [1.807, 2.05) is 16.9 Å². The van der Waals surface area contributed by atoms with E-state index < -0.39 is 5.54 Å². The minimum Gasteiger partial charge on any atom is -0.354 e. The smallest absolute Gasteiger partial charge is 0.248 e. The lowest BCUT2D eigenvalue weighted by atomic mass is 9.86. The van der Waals surface area contributed by atoms with Crippen LogP contribution in [0.1, 0.15) is 38.5 Å². The number of aromatic nitrogens is 2. The lowest BCUT2D eigenvalue weighted by Crippen LogP contribution is -2.55. The second-order valence-electron chi connectivity index (χ2n) is 7.38. The number of carbonyl (C=O) groups excluding carboxylic acids is 1. The number of amides is 1. The molecule has 2 N–H and O–H groups in total. The van der Waals surface area contributed by atoms with Crippen LogP contribution < -0.4 is 10.6 Å². The molecule has 3 fully saturated rings. The third-order valence-corrected chi connectivity index (χ3v) is 6.21. The summed E-state index contributed by atoms with van der Waals surface area (Å²) in [6, 6.07) is 1.91. The Morgan fingerprint density at radius 1 is 1.32 bits per heavy atom. The zero-order chi connectivity index (χ0) is 15.0. The van der Waals surface area contributed by atoms with Crippen molar-refractivity contribution in [3.05, 3.63) is 18.5 Å². The molecule has 1 aromatic heterocycles. The molecule has 1 saturated heterocycles. The van der Waals surface area contributed by atoms with Gasteiger partial charge in [0.05, 0.1) is 0 Å². The summed E-state index contributed by atoms with van der Waals surface area (Å²) in [6.07, 6.45) is 10.8. The van der Waals surface area contributed by atoms with Gasteiger partial charge < -0.3 is 10.6 Å². The summed E-state index contributed by atoms with van der Waals surface area (Å²) in [7, 11) is 0. The number of fused-ring (bicyclic) bond motifs is 2. The Morgan fingerprint density at radius 2 is 2.18 bits per heavy atom. The fraction of sp³-hybridized carbons (Fsp3) is 0.765. The Morgan fingerprint density at radius 3 is 2.82 bits per heavy atom. The van der Waals surface area contributed by atoms with Crippen molar-refractivity contribution < 1.29 is 4.79 Å². The molecule has 0 radical (unpaired) electrons. The van der Waals surface area contributed by atoms with E-state index in [2.05, 4.69) is 15.7 Å². The van der Waals surface area contributed by atoms with Crippen LogP contribution in [0.5, 0.6) is 0 Å². The highest BCUT2D eigenvalue weighted by Crippen LogP contribution is 2.48. The maximum absolute atomic E-state index is 13.0. The van der Waals surface area contributed by atoms with Crippen molar-refractivity contribution in [2.24, 2.45) is 17.8 Å². The summed E-state index contributed by atoms with van der Waals surface area (Å²) in [5.74, 6) is 2.67. The highest BCUT2D eigenvalue weighted by Gasteiger charge is 2.43. The molecule has 0 spiro atoms. The van der Waals surface area contributed by atoms with E-state index in [0.29, 0.717) is 5.92 Å². The van der Waals surface area contributed by atoms with E-state index in [1.165, 1.54) is 25.7 Å². The van der Waals surface area contributed by atoms with E-state index in [-0.39, 0.29) is 5.91 Å². The molecule has 5 nitrogen and oxygen atoms in total. The lowest BCUT2D eigenvalue weighted by molar-refractivity contribution is -0.132. The van der Waals surface area contributed by atoms with Crippen LogP contribution in [0.4, 0.5) is 0 Å². The molecule has 2 bridgehead atoms. The van der Waals surface area contributed by atoms with Crippen LogP contribution >= 0.6 is 0 Å². The maximum atomic E-state index is 13.0. The van der Waals surface area contributed by atoms with Crippen LogP contribution in [-0.2, 0) is 10.3 Å². The Bertz CT molecular complexity index is 521. The van der Waals surface area contributed by atoms with E-state index in [0.717, 1.165) is 44.3 Å². The molecule has 3 aliphatic rings. The molecule has 0 aromatic carbocycles. The van der Waals surface area contributed by atoms with Gasteiger partial charge in [-0.05, 0) is 69.0 Å². The average Bonchev–Trinajstić information content (AvgIpc) is 3.30. The zero-order valence-electron chi connectivity index (χ0n) is 13.1. The molecule has 2 aliphatic carbocycles. The molecule has 5 heteroatoms. The largest absolute Gasteiger partial charge is 0.354 e. The quantitative estimate of drug-likeness (QED) is 0.886.